The Hall–Kier alpha value is -0.305. The van der Waals surface area contributed by atoms with Crippen LogP contribution < -0.4 is 0 Å². The summed E-state index contributed by atoms with van der Waals surface area (Å²) in [5.74, 6) is 0.133. The first kappa shape index (κ1) is 10.7. The Balaban J connectivity index is 2.95. The summed E-state index contributed by atoms with van der Waals surface area (Å²) in [5, 5.41) is 8.43. The topological polar surface area (TPSA) is 37.3 Å². The molecule has 0 unspecified atom stereocenters. The van der Waals surface area contributed by atoms with Gasteiger partial charge in [0.2, 0.25) is 0 Å². The third kappa shape index (κ3) is 7.59. The van der Waals surface area contributed by atoms with E-state index in [4.69, 9.17) is 13.0 Å². The van der Waals surface area contributed by atoms with E-state index in [1.807, 2.05) is 0 Å². The van der Waals surface area contributed by atoms with Gasteiger partial charge in [0, 0.05) is 13.0 Å². The molecule has 0 fully saturated rings. The minimum Gasteiger partial charge on any atom is -0.396 e. The second-order valence-corrected chi connectivity index (χ2v) is 2.63. The van der Waals surface area contributed by atoms with Crippen molar-refractivity contribution in [3.8, 4) is 0 Å². The van der Waals surface area contributed by atoms with E-state index in [1.54, 1.807) is 0 Å². The molecule has 2 nitrogen and oxygen atoms in total. The number of rotatable bonds is 7. The van der Waals surface area contributed by atoms with Crippen LogP contribution in [0.25, 0.3) is 0 Å². The second-order valence-electron chi connectivity index (χ2n) is 2.63. The molecule has 0 spiro atoms. The van der Waals surface area contributed by atoms with Gasteiger partial charge in [-0.05, 0) is 19.2 Å². The summed E-state index contributed by atoms with van der Waals surface area (Å²) in [6, 6.07) is 0. The Bertz CT molecular complexity index is 104. The molecule has 2 radical (unpaired) electrons. The third-order valence-corrected chi connectivity index (χ3v) is 1.59. The van der Waals surface area contributed by atoms with Crippen molar-refractivity contribution < 1.29 is 9.90 Å². The third-order valence-electron chi connectivity index (χ3n) is 1.59. The summed E-state index contributed by atoms with van der Waals surface area (Å²) in [5.41, 5.74) is 0. The predicted octanol–water partition coefficient (Wildman–Crippen LogP) is 1.09. The van der Waals surface area contributed by atoms with E-state index in [1.165, 1.54) is 0 Å². The van der Waals surface area contributed by atoms with Crippen molar-refractivity contribution in [3.05, 3.63) is 0 Å². The highest BCUT2D eigenvalue weighted by atomic mass is 16.2. The number of ketones is 1. The monoisotopic (exact) mass is 154 g/mol. The SMILES string of the molecule is [B]CC(=O)CCCCCCO. The molecule has 62 valence electrons. The lowest BCUT2D eigenvalue weighted by Gasteiger charge is -1.97. The van der Waals surface area contributed by atoms with E-state index in [9.17, 15) is 4.79 Å². The molecular formula is C8H15BO2. The van der Waals surface area contributed by atoms with Gasteiger partial charge in [-0.25, -0.2) is 0 Å². The maximum atomic E-state index is 10.7. The van der Waals surface area contributed by atoms with Crippen LogP contribution >= 0.6 is 0 Å². The van der Waals surface area contributed by atoms with E-state index < -0.39 is 0 Å². The fourth-order valence-electron chi connectivity index (χ4n) is 0.890. The molecule has 0 aromatic heterocycles. The zero-order valence-electron chi connectivity index (χ0n) is 6.88. The van der Waals surface area contributed by atoms with Crippen LogP contribution in [-0.2, 0) is 4.79 Å². The van der Waals surface area contributed by atoms with Gasteiger partial charge in [-0.15, -0.1) is 0 Å². The maximum absolute atomic E-state index is 10.7. The Morgan fingerprint density at radius 1 is 1.18 bits per heavy atom. The van der Waals surface area contributed by atoms with E-state index in [0.717, 1.165) is 25.7 Å². The molecule has 1 N–H and O–H groups in total. The van der Waals surface area contributed by atoms with Crippen LogP contribution in [-0.4, -0.2) is 25.3 Å². The fraction of sp³-hybridized carbons (Fsp3) is 0.875. The van der Waals surface area contributed by atoms with Gasteiger partial charge in [-0.3, -0.25) is 0 Å². The minimum atomic E-state index is 0.133. The molecular weight excluding hydrogens is 139 g/mol. The normalized spacial score (nSPS) is 9.91. The summed E-state index contributed by atoms with van der Waals surface area (Å²) in [4.78, 5) is 10.7. The fourth-order valence-corrected chi connectivity index (χ4v) is 0.890. The predicted molar refractivity (Wildman–Crippen MR) is 45.7 cm³/mol. The number of aliphatic hydroxyl groups is 1. The average molecular weight is 154 g/mol. The number of hydrogen-bond donors (Lipinski definition) is 1. The van der Waals surface area contributed by atoms with Crippen molar-refractivity contribution >= 4 is 13.6 Å². The number of carbonyl (C=O) groups is 1. The first-order valence-corrected chi connectivity index (χ1v) is 4.14. The van der Waals surface area contributed by atoms with Crippen molar-refractivity contribution in [3.63, 3.8) is 0 Å². The van der Waals surface area contributed by atoms with Crippen LogP contribution in [0, 0.1) is 0 Å². The van der Waals surface area contributed by atoms with Crippen molar-refractivity contribution in [2.75, 3.05) is 6.61 Å². The van der Waals surface area contributed by atoms with Crippen LogP contribution in [0.4, 0.5) is 0 Å². The number of aliphatic hydroxyl groups excluding tert-OH is 1. The van der Waals surface area contributed by atoms with E-state index in [0.29, 0.717) is 6.42 Å². The summed E-state index contributed by atoms with van der Waals surface area (Å²) in [6.45, 7) is 0.255. The van der Waals surface area contributed by atoms with E-state index >= 15 is 0 Å². The first-order valence-electron chi connectivity index (χ1n) is 4.14. The number of Topliss-reactive ketones (excluding diaryl/α,β-unsaturated/α-hetero) is 1. The molecule has 0 aromatic rings. The minimum absolute atomic E-state index is 0.133. The quantitative estimate of drug-likeness (QED) is 0.440. The van der Waals surface area contributed by atoms with Crippen LogP contribution in [0.1, 0.15) is 32.1 Å². The Labute approximate surface area is 69.4 Å². The number of unbranched alkanes of at least 4 members (excludes halogenated alkanes) is 3. The average Bonchev–Trinajstić information content (AvgIpc) is 2.04. The van der Waals surface area contributed by atoms with Gasteiger partial charge in [-0.1, -0.05) is 12.8 Å². The van der Waals surface area contributed by atoms with Gasteiger partial charge >= 0.3 is 0 Å². The van der Waals surface area contributed by atoms with Crippen molar-refractivity contribution in [1.82, 2.24) is 0 Å². The zero-order valence-corrected chi connectivity index (χ0v) is 6.88. The van der Waals surface area contributed by atoms with Crippen molar-refractivity contribution in [2.24, 2.45) is 0 Å². The Morgan fingerprint density at radius 3 is 2.36 bits per heavy atom. The molecule has 0 aliphatic heterocycles. The molecule has 0 heterocycles. The number of carbonyl (C=O) groups excluding carboxylic acids is 1. The molecule has 11 heavy (non-hydrogen) atoms. The smallest absolute Gasteiger partial charge is 0.124 e. The summed E-state index contributed by atoms with van der Waals surface area (Å²) < 4.78 is 0. The molecule has 0 atom stereocenters. The molecule has 0 aromatic carbocycles. The summed E-state index contributed by atoms with van der Waals surface area (Å²) in [7, 11) is 5.12. The number of hydrogen-bond acceptors (Lipinski definition) is 2. The highest BCUT2D eigenvalue weighted by molar-refractivity contribution is 6.20. The lowest BCUT2D eigenvalue weighted by atomic mass is 9.97. The van der Waals surface area contributed by atoms with E-state index in [-0.39, 0.29) is 18.7 Å². The van der Waals surface area contributed by atoms with Crippen LogP contribution in [0.15, 0.2) is 0 Å². The van der Waals surface area contributed by atoms with Crippen molar-refractivity contribution in [1.29, 1.82) is 0 Å². The Morgan fingerprint density at radius 2 is 1.82 bits per heavy atom. The molecule has 0 rings (SSSR count). The van der Waals surface area contributed by atoms with Gasteiger partial charge in [0.15, 0.2) is 0 Å². The summed E-state index contributed by atoms with van der Waals surface area (Å²) in [6.07, 6.45) is 4.55. The van der Waals surface area contributed by atoms with Gasteiger partial charge in [0.05, 0.1) is 7.85 Å². The molecule has 0 aliphatic rings. The molecule has 0 aliphatic carbocycles. The zero-order chi connectivity index (χ0) is 8.53. The molecule has 0 bridgehead atoms. The molecule has 3 heteroatoms. The second kappa shape index (κ2) is 7.80. The standard InChI is InChI=1S/C8H15BO2/c9-7-8(11)5-3-1-2-4-6-10/h10H,1-7H2. The highest BCUT2D eigenvalue weighted by Crippen LogP contribution is 2.03. The molecule has 0 amide bonds. The Kier molecular flexibility index (Phi) is 7.58. The molecule has 0 saturated carbocycles. The highest BCUT2D eigenvalue weighted by Gasteiger charge is 1.96. The lowest BCUT2D eigenvalue weighted by Crippen LogP contribution is -1.95. The van der Waals surface area contributed by atoms with Gasteiger partial charge in [0.1, 0.15) is 5.78 Å². The van der Waals surface area contributed by atoms with Crippen LogP contribution in [0.5, 0.6) is 0 Å². The first-order chi connectivity index (χ1) is 5.31. The van der Waals surface area contributed by atoms with Crippen LogP contribution in [0.2, 0.25) is 6.32 Å². The largest absolute Gasteiger partial charge is 0.396 e. The molecule has 0 saturated heterocycles. The van der Waals surface area contributed by atoms with Crippen molar-refractivity contribution in [2.45, 2.75) is 38.4 Å². The van der Waals surface area contributed by atoms with Gasteiger partial charge in [-0.2, -0.15) is 0 Å². The lowest BCUT2D eigenvalue weighted by molar-refractivity contribution is -0.117. The van der Waals surface area contributed by atoms with Gasteiger partial charge < -0.3 is 9.90 Å². The van der Waals surface area contributed by atoms with Gasteiger partial charge in [0.25, 0.3) is 0 Å². The summed E-state index contributed by atoms with van der Waals surface area (Å²) >= 11 is 0. The maximum Gasteiger partial charge on any atom is 0.124 e. The van der Waals surface area contributed by atoms with E-state index in [2.05, 4.69) is 0 Å². The van der Waals surface area contributed by atoms with Crippen LogP contribution in [0.3, 0.4) is 0 Å².